The molecule has 0 rings (SSSR count). The molecule has 0 aliphatic heterocycles. The molecule has 16 heavy (non-hydrogen) atoms. The summed E-state index contributed by atoms with van der Waals surface area (Å²) in [5.74, 6) is 0. The number of hydrogen-bond donors (Lipinski definition) is 2. The molecular weight excluding hydrogens is 200 g/mol. The van der Waals surface area contributed by atoms with Gasteiger partial charge in [0, 0.05) is 0 Å². The molecule has 96 valence electrons. The highest BCUT2D eigenvalue weighted by Crippen LogP contribution is 2.10. The average molecular weight is 228 g/mol. The number of unbranched alkanes of at least 4 members (excludes halogenated alkanes) is 3. The van der Waals surface area contributed by atoms with Crippen molar-refractivity contribution in [1.82, 2.24) is 0 Å². The van der Waals surface area contributed by atoms with E-state index in [1.807, 2.05) is 6.08 Å². The van der Waals surface area contributed by atoms with Crippen molar-refractivity contribution >= 4 is 0 Å². The van der Waals surface area contributed by atoms with Gasteiger partial charge in [-0.15, -0.1) is 0 Å². The molecule has 0 aromatic rings. The van der Waals surface area contributed by atoms with Gasteiger partial charge in [0.05, 0.1) is 12.2 Å². The van der Waals surface area contributed by atoms with Gasteiger partial charge in [-0.25, -0.2) is 0 Å². The Morgan fingerprint density at radius 3 is 2.31 bits per heavy atom. The molecule has 0 aromatic heterocycles. The van der Waals surface area contributed by atoms with Crippen molar-refractivity contribution in [2.75, 3.05) is 0 Å². The van der Waals surface area contributed by atoms with E-state index >= 15 is 0 Å². The minimum atomic E-state index is -0.385. The second kappa shape index (κ2) is 11.2. The molecule has 0 bridgehead atoms. The third kappa shape index (κ3) is 10.2. The van der Waals surface area contributed by atoms with Gasteiger partial charge in [-0.1, -0.05) is 51.7 Å². The van der Waals surface area contributed by atoms with Gasteiger partial charge < -0.3 is 10.2 Å². The van der Waals surface area contributed by atoms with Crippen LogP contribution >= 0.6 is 0 Å². The molecule has 0 heterocycles. The molecule has 0 fully saturated rings. The van der Waals surface area contributed by atoms with Crippen molar-refractivity contribution < 1.29 is 10.2 Å². The van der Waals surface area contributed by atoms with E-state index < -0.39 is 0 Å². The molecule has 2 unspecified atom stereocenters. The summed E-state index contributed by atoms with van der Waals surface area (Å²) in [5, 5.41) is 19.3. The van der Waals surface area contributed by atoms with Crippen molar-refractivity contribution in [1.29, 1.82) is 0 Å². The Kier molecular flexibility index (Phi) is 10.9. The normalized spacial score (nSPS) is 15.5. The summed E-state index contributed by atoms with van der Waals surface area (Å²) in [5.41, 5.74) is 0. The van der Waals surface area contributed by atoms with E-state index in [-0.39, 0.29) is 12.2 Å². The standard InChI is InChI=1S/C14H28O2/c1-3-5-7-9-11-14(16)12-13(15)10-8-6-4-2/h7,9,13-16H,3-6,8,10-12H2,1-2H3. The van der Waals surface area contributed by atoms with Gasteiger partial charge in [0.25, 0.3) is 0 Å². The highest BCUT2D eigenvalue weighted by atomic mass is 16.3. The summed E-state index contributed by atoms with van der Waals surface area (Å²) in [7, 11) is 0. The van der Waals surface area contributed by atoms with E-state index in [1.54, 1.807) is 0 Å². The van der Waals surface area contributed by atoms with Gasteiger partial charge in [0.15, 0.2) is 0 Å². The molecule has 0 saturated heterocycles. The third-order valence-electron chi connectivity index (χ3n) is 2.72. The molecule has 0 amide bonds. The van der Waals surface area contributed by atoms with Gasteiger partial charge in [-0.2, -0.15) is 0 Å². The fraction of sp³-hybridized carbons (Fsp3) is 0.857. The monoisotopic (exact) mass is 228 g/mol. The molecule has 0 radical (unpaired) electrons. The van der Waals surface area contributed by atoms with Gasteiger partial charge in [-0.3, -0.25) is 0 Å². The van der Waals surface area contributed by atoms with Crippen molar-refractivity contribution in [3.05, 3.63) is 12.2 Å². The first-order valence-electron chi connectivity index (χ1n) is 6.71. The lowest BCUT2D eigenvalue weighted by atomic mass is 10.0. The fourth-order valence-corrected chi connectivity index (χ4v) is 1.70. The Balaban J connectivity index is 3.49. The molecule has 2 atom stereocenters. The lowest BCUT2D eigenvalue weighted by molar-refractivity contribution is 0.0757. The zero-order valence-electron chi connectivity index (χ0n) is 10.9. The zero-order valence-corrected chi connectivity index (χ0v) is 10.9. The van der Waals surface area contributed by atoms with Crippen LogP contribution < -0.4 is 0 Å². The molecule has 2 heteroatoms. The van der Waals surface area contributed by atoms with Gasteiger partial charge in [0.1, 0.15) is 0 Å². The van der Waals surface area contributed by atoms with Crippen molar-refractivity contribution in [3.8, 4) is 0 Å². The molecule has 0 spiro atoms. The number of rotatable bonds is 10. The average Bonchev–Trinajstić information content (AvgIpc) is 2.25. The van der Waals surface area contributed by atoms with Gasteiger partial charge in [-0.05, 0) is 25.7 Å². The molecule has 2 nitrogen and oxygen atoms in total. The van der Waals surface area contributed by atoms with Gasteiger partial charge >= 0.3 is 0 Å². The van der Waals surface area contributed by atoms with E-state index in [0.717, 1.165) is 25.7 Å². The number of aliphatic hydroxyl groups is 2. The second-order valence-corrected chi connectivity index (χ2v) is 4.53. The van der Waals surface area contributed by atoms with Crippen LogP contribution in [0.5, 0.6) is 0 Å². The molecule has 0 aliphatic rings. The van der Waals surface area contributed by atoms with Crippen LogP contribution in [0.3, 0.4) is 0 Å². The van der Waals surface area contributed by atoms with Crippen LogP contribution in [0, 0.1) is 0 Å². The Morgan fingerprint density at radius 1 is 0.938 bits per heavy atom. The number of hydrogen-bond acceptors (Lipinski definition) is 2. The Morgan fingerprint density at radius 2 is 1.69 bits per heavy atom. The highest BCUT2D eigenvalue weighted by molar-refractivity contribution is 4.84. The summed E-state index contributed by atoms with van der Waals surface area (Å²) >= 11 is 0. The summed E-state index contributed by atoms with van der Waals surface area (Å²) in [4.78, 5) is 0. The lowest BCUT2D eigenvalue weighted by Crippen LogP contribution is -2.17. The van der Waals surface area contributed by atoms with Crippen LogP contribution in [0.25, 0.3) is 0 Å². The Hall–Kier alpha value is -0.340. The van der Waals surface area contributed by atoms with Crippen LogP contribution in [0.4, 0.5) is 0 Å². The highest BCUT2D eigenvalue weighted by Gasteiger charge is 2.09. The molecule has 0 saturated carbocycles. The Labute approximate surface area is 100 Å². The van der Waals surface area contributed by atoms with Crippen LogP contribution in [-0.2, 0) is 0 Å². The van der Waals surface area contributed by atoms with Crippen LogP contribution in [0.2, 0.25) is 0 Å². The predicted octanol–water partition coefficient (Wildman–Crippen LogP) is 3.43. The topological polar surface area (TPSA) is 40.5 Å². The first-order chi connectivity index (χ1) is 7.70. The second-order valence-electron chi connectivity index (χ2n) is 4.53. The summed E-state index contributed by atoms with van der Waals surface area (Å²) < 4.78 is 0. The number of aliphatic hydroxyl groups excluding tert-OH is 2. The smallest absolute Gasteiger partial charge is 0.0599 e. The first kappa shape index (κ1) is 15.7. The van der Waals surface area contributed by atoms with E-state index in [9.17, 15) is 10.2 Å². The van der Waals surface area contributed by atoms with Gasteiger partial charge in [0.2, 0.25) is 0 Å². The first-order valence-corrected chi connectivity index (χ1v) is 6.71. The maximum atomic E-state index is 9.66. The quantitative estimate of drug-likeness (QED) is 0.444. The summed E-state index contributed by atoms with van der Waals surface area (Å²) in [6.07, 6.45) is 11.0. The van der Waals surface area contributed by atoms with E-state index in [4.69, 9.17) is 0 Å². The molecule has 0 aromatic carbocycles. The maximum Gasteiger partial charge on any atom is 0.0599 e. The largest absolute Gasteiger partial charge is 0.393 e. The van der Waals surface area contributed by atoms with E-state index in [0.29, 0.717) is 12.8 Å². The molecule has 2 N–H and O–H groups in total. The minimum Gasteiger partial charge on any atom is -0.393 e. The molecule has 0 aliphatic carbocycles. The van der Waals surface area contributed by atoms with Crippen molar-refractivity contribution in [2.24, 2.45) is 0 Å². The zero-order chi connectivity index (χ0) is 12.2. The predicted molar refractivity (Wildman–Crippen MR) is 69.4 cm³/mol. The van der Waals surface area contributed by atoms with E-state index in [1.165, 1.54) is 12.8 Å². The van der Waals surface area contributed by atoms with E-state index in [2.05, 4.69) is 19.9 Å². The van der Waals surface area contributed by atoms with Crippen LogP contribution in [-0.4, -0.2) is 22.4 Å². The summed E-state index contributed by atoms with van der Waals surface area (Å²) in [6, 6.07) is 0. The number of allylic oxidation sites excluding steroid dienone is 1. The maximum absolute atomic E-state index is 9.66. The summed E-state index contributed by atoms with van der Waals surface area (Å²) in [6.45, 7) is 4.29. The third-order valence-corrected chi connectivity index (χ3v) is 2.72. The molecular formula is C14H28O2. The van der Waals surface area contributed by atoms with Crippen molar-refractivity contribution in [3.63, 3.8) is 0 Å². The van der Waals surface area contributed by atoms with Crippen molar-refractivity contribution in [2.45, 2.75) is 77.4 Å². The van der Waals surface area contributed by atoms with Crippen LogP contribution in [0.15, 0.2) is 12.2 Å². The lowest BCUT2D eigenvalue weighted by Gasteiger charge is -2.14. The van der Waals surface area contributed by atoms with Crippen LogP contribution in [0.1, 0.15) is 65.2 Å². The Bertz CT molecular complexity index is 166. The minimum absolute atomic E-state index is 0.332. The fourth-order valence-electron chi connectivity index (χ4n) is 1.70. The SMILES string of the molecule is CCCC=CCC(O)CC(O)CCCCC.